The Hall–Kier alpha value is -1.26. The third-order valence-corrected chi connectivity index (χ3v) is 4.89. The van der Waals surface area contributed by atoms with E-state index in [2.05, 4.69) is 17.4 Å². The Morgan fingerprint density at radius 2 is 1.70 bits per heavy atom. The number of rotatable bonds is 0. The van der Waals surface area contributed by atoms with Gasteiger partial charge >= 0.3 is 5.97 Å². The van der Waals surface area contributed by atoms with E-state index in [9.17, 15) is 4.79 Å². The van der Waals surface area contributed by atoms with Crippen molar-refractivity contribution in [3.05, 3.63) is 29.8 Å². The Balaban J connectivity index is 0.00000192. The Kier molecular flexibility index (Phi) is 6.72. The number of carbonyl (C=O) groups excluding carboxylic acids is 1. The molecule has 0 saturated carbocycles. The minimum absolute atomic E-state index is 0. The lowest BCUT2D eigenvalue weighted by Crippen LogP contribution is -2.43. The molecule has 3 rings (SSSR count). The van der Waals surface area contributed by atoms with Crippen molar-refractivity contribution in [1.82, 2.24) is 5.32 Å². The minimum atomic E-state index is -0.274. The summed E-state index contributed by atoms with van der Waals surface area (Å²) in [6.45, 7) is 2.59. The molecule has 0 atom stereocenters. The number of para-hydroxylation sites is 1. The van der Waals surface area contributed by atoms with E-state index in [-0.39, 0.29) is 23.8 Å². The summed E-state index contributed by atoms with van der Waals surface area (Å²) in [6.07, 6.45) is 5.88. The van der Waals surface area contributed by atoms with E-state index in [1.165, 1.54) is 5.56 Å². The van der Waals surface area contributed by atoms with Crippen LogP contribution in [0.25, 0.3) is 0 Å². The zero-order valence-electron chi connectivity index (χ0n) is 13.5. The summed E-state index contributed by atoms with van der Waals surface area (Å²) in [5.74, 6) is 0.905. The predicted molar refractivity (Wildman–Crippen MR) is 92.2 cm³/mol. The highest BCUT2D eigenvalue weighted by atomic mass is 35.5. The van der Waals surface area contributed by atoms with Gasteiger partial charge in [-0.1, -0.05) is 24.6 Å². The first-order valence-corrected chi connectivity index (χ1v) is 8.39. The Morgan fingerprint density at radius 1 is 0.957 bits per heavy atom. The summed E-state index contributed by atoms with van der Waals surface area (Å²) in [5, 5.41) is 3.34. The van der Waals surface area contributed by atoms with Gasteiger partial charge in [-0.15, -0.1) is 12.4 Å². The largest absolute Gasteiger partial charge is 0.490 e. The summed E-state index contributed by atoms with van der Waals surface area (Å²) in [6, 6.07) is 8.17. The minimum Gasteiger partial charge on any atom is -0.490 e. The van der Waals surface area contributed by atoms with Gasteiger partial charge in [0.05, 0.1) is 5.41 Å². The molecule has 1 aromatic carbocycles. The summed E-state index contributed by atoms with van der Waals surface area (Å²) in [7, 11) is 0. The molecule has 2 aliphatic heterocycles. The second kappa shape index (κ2) is 8.55. The molecule has 0 amide bonds. The van der Waals surface area contributed by atoms with Crippen molar-refractivity contribution in [2.24, 2.45) is 5.41 Å². The van der Waals surface area contributed by atoms with Crippen molar-refractivity contribution in [3.63, 3.8) is 0 Å². The van der Waals surface area contributed by atoms with E-state index >= 15 is 0 Å². The smallest absolute Gasteiger partial charge is 0.312 e. The molecule has 1 fully saturated rings. The molecule has 1 aromatic rings. The number of ether oxygens (including phenoxy) is 2. The van der Waals surface area contributed by atoms with Crippen molar-refractivity contribution in [1.29, 1.82) is 0 Å². The number of benzene rings is 1. The number of cyclic esters (lactones) is 1. The number of piperidine rings is 1. The zero-order valence-corrected chi connectivity index (χ0v) is 14.3. The first-order valence-electron chi connectivity index (χ1n) is 8.39. The average Bonchev–Trinajstić information content (AvgIpc) is 2.56. The lowest BCUT2D eigenvalue weighted by atomic mass is 9.75. The highest BCUT2D eigenvalue weighted by Crippen LogP contribution is 2.36. The number of carbonyl (C=O) groups is 1. The number of hydrogen-bond acceptors (Lipinski definition) is 4. The Labute approximate surface area is 144 Å². The van der Waals surface area contributed by atoms with Crippen molar-refractivity contribution < 1.29 is 14.3 Å². The molecule has 1 spiro atoms. The van der Waals surface area contributed by atoms with Crippen LogP contribution < -0.4 is 10.1 Å². The molecule has 0 bridgehead atoms. The molecule has 1 N–H and O–H groups in total. The molecule has 0 radical (unpaired) electrons. The van der Waals surface area contributed by atoms with Gasteiger partial charge in [0.15, 0.2) is 0 Å². The third-order valence-electron chi connectivity index (χ3n) is 4.89. The number of nitrogens with one attached hydrogen (secondary N) is 1. The summed E-state index contributed by atoms with van der Waals surface area (Å²) in [5.41, 5.74) is 0.984. The van der Waals surface area contributed by atoms with Crippen LogP contribution in [0.15, 0.2) is 24.3 Å². The first kappa shape index (κ1) is 18.1. The number of aryl methyl sites for hydroxylation is 1. The fourth-order valence-electron chi connectivity index (χ4n) is 3.53. The molecule has 2 aliphatic rings. The van der Waals surface area contributed by atoms with Gasteiger partial charge in [0.1, 0.15) is 19.0 Å². The van der Waals surface area contributed by atoms with Gasteiger partial charge in [-0.25, -0.2) is 0 Å². The lowest BCUT2D eigenvalue weighted by molar-refractivity contribution is -0.159. The van der Waals surface area contributed by atoms with Crippen LogP contribution in [-0.2, 0) is 16.0 Å². The summed E-state index contributed by atoms with van der Waals surface area (Å²) < 4.78 is 11.3. The second-order valence-corrected chi connectivity index (χ2v) is 6.33. The molecule has 128 valence electrons. The summed E-state index contributed by atoms with van der Waals surface area (Å²) in [4.78, 5) is 12.5. The van der Waals surface area contributed by atoms with Crippen LogP contribution in [0.3, 0.4) is 0 Å². The maximum absolute atomic E-state index is 12.5. The third kappa shape index (κ3) is 4.39. The van der Waals surface area contributed by atoms with Crippen molar-refractivity contribution in [2.75, 3.05) is 26.3 Å². The Bertz CT molecular complexity index is 515. The molecule has 0 aromatic heterocycles. The number of fused-ring (bicyclic) bond motifs is 1. The van der Waals surface area contributed by atoms with E-state index < -0.39 is 0 Å². The van der Waals surface area contributed by atoms with Crippen molar-refractivity contribution in [3.8, 4) is 5.75 Å². The quantitative estimate of drug-likeness (QED) is 0.738. The Morgan fingerprint density at radius 3 is 2.52 bits per heavy atom. The van der Waals surface area contributed by atoms with Crippen LogP contribution in [0.1, 0.15) is 37.7 Å². The highest BCUT2D eigenvalue weighted by Gasteiger charge is 2.40. The SMILES string of the molecule is Cl.O=C1OCCOc2ccccc2CCCCC12CCNCC2. The lowest BCUT2D eigenvalue weighted by Gasteiger charge is -2.35. The monoisotopic (exact) mass is 339 g/mol. The van der Waals surface area contributed by atoms with Crippen LogP contribution >= 0.6 is 12.4 Å². The molecule has 0 unspecified atom stereocenters. The molecular weight excluding hydrogens is 314 g/mol. The number of hydrogen-bond donors (Lipinski definition) is 1. The van der Waals surface area contributed by atoms with Gasteiger partial charge < -0.3 is 14.8 Å². The fourth-order valence-corrected chi connectivity index (χ4v) is 3.53. The topological polar surface area (TPSA) is 47.6 Å². The molecule has 0 aliphatic carbocycles. The van der Waals surface area contributed by atoms with E-state index in [0.29, 0.717) is 13.2 Å². The van der Waals surface area contributed by atoms with Gasteiger partial charge in [0.25, 0.3) is 0 Å². The standard InChI is InChI=1S/C18H25NO3.ClH/c20-17-18(9-11-19-12-10-18)8-4-3-6-15-5-1-2-7-16(15)21-13-14-22-17;/h1-2,5,7,19H,3-4,6,8-14H2;1H. The van der Waals surface area contributed by atoms with Crippen molar-refractivity contribution in [2.45, 2.75) is 38.5 Å². The average molecular weight is 340 g/mol. The second-order valence-electron chi connectivity index (χ2n) is 6.33. The van der Waals surface area contributed by atoms with Gasteiger partial charge in [0, 0.05) is 0 Å². The maximum atomic E-state index is 12.5. The molecular formula is C18H26ClNO3. The molecule has 23 heavy (non-hydrogen) atoms. The van der Waals surface area contributed by atoms with E-state index in [1.54, 1.807) is 0 Å². The van der Waals surface area contributed by atoms with Crippen LogP contribution in [0.5, 0.6) is 5.75 Å². The maximum Gasteiger partial charge on any atom is 0.312 e. The van der Waals surface area contributed by atoms with Crippen LogP contribution in [-0.4, -0.2) is 32.3 Å². The van der Waals surface area contributed by atoms with Gasteiger partial charge in [-0.3, -0.25) is 4.79 Å². The highest BCUT2D eigenvalue weighted by molar-refractivity contribution is 5.85. The molecule has 4 nitrogen and oxygen atoms in total. The normalized spacial score (nSPS) is 21.7. The van der Waals surface area contributed by atoms with E-state index in [4.69, 9.17) is 9.47 Å². The van der Waals surface area contributed by atoms with Gasteiger partial charge in [0.2, 0.25) is 0 Å². The van der Waals surface area contributed by atoms with Crippen LogP contribution in [0, 0.1) is 5.41 Å². The first-order chi connectivity index (χ1) is 10.8. The van der Waals surface area contributed by atoms with Gasteiger partial charge in [-0.2, -0.15) is 0 Å². The van der Waals surface area contributed by atoms with Gasteiger partial charge in [-0.05, 0) is 56.8 Å². The van der Waals surface area contributed by atoms with Crippen LogP contribution in [0.2, 0.25) is 0 Å². The van der Waals surface area contributed by atoms with Crippen molar-refractivity contribution >= 4 is 18.4 Å². The number of halogens is 1. The van der Waals surface area contributed by atoms with E-state index in [1.807, 2.05) is 12.1 Å². The van der Waals surface area contributed by atoms with E-state index in [0.717, 1.165) is 57.4 Å². The summed E-state index contributed by atoms with van der Waals surface area (Å²) >= 11 is 0. The molecule has 5 heteroatoms. The zero-order chi connectivity index (χ0) is 15.3. The fraction of sp³-hybridized carbons (Fsp3) is 0.611. The molecule has 2 heterocycles. The van der Waals surface area contributed by atoms with Crippen LogP contribution in [0.4, 0.5) is 0 Å². The predicted octanol–water partition coefficient (Wildman–Crippen LogP) is 3.13. The molecule has 1 saturated heterocycles. The number of esters is 1.